The predicted molar refractivity (Wildman–Crippen MR) is 73.6 cm³/mol. The first-order valence-electron chi connectivity index (χ1n) is 6.55. The molecule has 2 heterocycles. The molecule has 4 heteroatoms. The fraction of sp³-hybridized carbons (Fsp3) is 0.769. The van der Waals surface area contributed by atoms with Crippen molar-refractivity contribution in [2.24, 2.45) is 5.92 Å². The maximum absolute atomic E-state index is 4.49. The zero-order valence-corrected chi connectivity index (χ0v) is 11.9. The lowest BCUT2D eigenvalue weighted by molar-refractivity contribution is 0.473. The summed E-state index contributed by atoms with van der Waals surface area (Å²) in [5, 5.41) is 8.21. The lowest BCUT2D eigenvalue weighted by Crippen LogP contribution is -2.22. The van der Waals surface area contributed by atoms with E-state index in [4.69, 9.17) is 0 Å². The van der Waals surface area contributed by atoms with Gasteiger partial charge in [0.15, 0.2) is 0 Å². The van der Waals surface area contributed by atoms with Gasteiger partial charge in [-0.25, -0.2) is 4.98 Å². The summed E-state index contributed by atoms with van der Waals surface area (Å²) in [4.78, 5) is 5.88. The molecule has 1 saturated heterocycles. The van der Waals surface area contributed by atoms with Crippen LogP contribution in [-0.4, -0.2) is 24.6 Å². The van der Waals surface area contributed by atoms with Crippen LogP contribution in [0.3, 0.4) is 0 Å². The summed E-state index contributed by atoms with van der Waals surface area (Å²) in [6, 6.07) is 0.440. The second-order valence-electron chi connectivity index (χ2n) is 5.01. The zero-order chi connectivity index (χ0) is 12.3. The predicted octanol–water partition coefficient (Wildman–Crippen LogP) is 2.41. The van der Waals surface area contributed by atoms with Crippen LogP contribution in [0.1, 0.15) is 41.4 Å². The van der Waals surface area contributed by atoms with Crippen molar-refractivity contribution in [3.63, 3.8) is 0 Å². The van der Waals surface area contributed by atoms with Gasteiger partial charge in [0, 0.05) is 10.9 Å². The van der Waals surface area contributed by atoms with Gasteiger partial charge in [0.05, 0.1) is 10.7 Å². The number of nitrogens with zero attached hydrogens (tertiary/aromatic N) is 1. The van der Waals surface area contributed by atoms with Crippen LogP contribution in [0.2, 0.25) is 0 Å². The van der Waals surface area contributed by atoms with Crippen LogP contribution < -0.4 is 10.6 Å². The Morgan fingerprint density at radius 1 is 1.53 bits per heavy atom. The maximum Gasteiger partial charge on any atom is 0.0900 e. The van der Waals surface area contributed by atoms with Crippen molar-refractivity contribution in [1.29, 1.82) is 0 Å². The van der Waals surface area contributed by atoms with Crippen molar-refractivity contribution in [1.82, 2.24) is 15.6 Å². The van der Waals surface area contributed by atoms with E-state index < -0.39 is 0 Å². The first kappa shape index (κ1) is 13.0. The van der Waals surface area contributed by atoms with Gasteiger partial charge in [0.1, 0.15) is 0 Å². The summed E-state index contributed by atoms with van der Waals surface area (Å²) in [6.07, 6.45) is 2.63. The summed E-state index contributed by atoms with van der Waals surface area (Å²) < 4.78 is 0. The van der Waals surface area contributed by atoms with E-state index in [0.29, 0.717) is 6.04 Å². The smallest absolute Gasteiger partial charge is 0.0900 e. The summed E-state index contributed by atoms with van der Waals surface area (Å²) in [7, 11) is 0. The summed E-state index contributed by atoms with van der Waals surface area (Å²) in [5.74, 6) is 0.874. The van der Waals surface area contributed by atoms with Gasteiger partial charge in [0.25, 0.3) is 0 Å². The molecule has 0 spiro atoms. The summed E-state index contributed by atoms with van der Waals surface area (Å²) in [5.41, 5.74) is 1.19. The molecule has 2 unspecified atom stereocenters. The first-order chi connectivity index (χ1) is 8.16. The lowest BCUT2D eigenvalue weighted by atomic mass is 10.1. The Hall–Kier alpha value is -0.450. The molecule has 1 aliphatic heterocycles. The van der Waals surface area contributed by atoms with E-state index in [0.717, 1.165) is 12.5 Å². The molecule has 3 nitrogen and oxygen atoms in total. The Morgan fingerprint density at radius 2 is 2.35 bits per heavy atom. The fourth-order valence-electron chi connectivity index (χ4n) is 2.51. The van der Waals surface area contributed by atoms with Crippen molar-refractivity contribution < 1.29 is 0 Å². The highest BCUT2D eigenvalue weighted by atomic mass is 32.1. The average molecular weight is 253 g/mol. The SMILES string of the molecule is Cc1nc(C)c(C(C)NCCC2CCNC2)s1. The molecular weight excluding hydrogens is 230 g/mol. The lowest BCUT2D eigenvalue weighted by Gasteiger charge is -2.14. The highest BCUT2D eigenvalue weighted by molar-refractivity contribution is 7.11. The largest absolute Gasteiger partial charge is 0.316 e. The highest BCUT2D eigenvalue weighted by Crippen LogP contribution is 2.24. The zero-order valence-electron chi connectivity index (χ0n) is 11.0. The average Bonchev–Trinajstić information content (AvgIpc) is 2.88. The third-order valence-electron chi connectivity index (χ3n) is 3.50. The van der Waals surface area contributed by atoms with E-state index in [1.54, 1.807) is 0 Å². The number of aryl methyl sites for hydroxylation is 2. The molecule has 1 aromatic rings. The van der Waals surface area contributed by atoms with Crippen LogP contribution in [0.15, 0.2) is 0 Å². The van der Waals surface area contributed by atoms with Gasteiger partial charge in [-0.1, -0.05) is 0 Å². The Labute approximate surface area is 108 Å². The van der Waals surface area contributed by atoms with Gasteiger partial charge in [0.2, 0.25) is 0 Å². The first-order valence-corrected chi connectivity index (χ1v) is 7.36. The molecule has 2 rings (SSSR count). The van der Waals surface area contributed by atoms with Crippen LogP contribution in [0.5, 0.6) is 0 Å². The van der Waals surface area contributed by atoms with Crippen molar-refractivity contribution in [3.8, 4) is 0 Å². The minimum absolute atomic E-state index is 0.440. The van der Waals surface area contributed by atoms with Gasteiger partial charge >= 0.3 is 0 Å². The molecule has 0 saturated carbocycles. The Bertz CT molecular complexity index is 356. The molecule has 1 aromatic heterocycles. The number of nitrogens with one attached hydrogen (secondary N) is 2. The fourth-order valence-corrected chi connectivity index (χ4v) is 3.46. The van der Waals surface area contributed by atoms with Crippen LogP contribution in [0.25, 0.3) is 0 Å². The van der Waals surface area contributed by atoms with Crippen LogP contribution in [-0.2, 0) is 0 Å². The van der Waals surface area contributed by atoms with E-state index in [9.17, 15) is 0 Å². The molecule has 0 bridgehead atoms. The minimum atomic E-state index is 0.440. The quantitative estimate of drug-likeness (QED) is 0.846. The molecule has 0 radical (unpaired) electrons. The van der Waals surface area contributed by atoms with E-state index in [1.165, 1.54) is 41.5 Å². The molecule has 0 aromatic carbocycles. The van der Waals surface area contributed by atoms with Crippen molar-refractivity contribution >= 4 is 11.3 Å². The van der Waals surface area contributed by atoms with E-state index in [1.807, 2.05) is 11.3 Å². The molecule has 0 aliphatic carbocycles. The molecule has 17 heavy (non-hydrogen) atoms. The molecule has 1 aliphatic rings. The highest BCUT2D eigenvalue weighted by Gasteiger charge is 2.16. The third kappa shape index (κ3) is 3.50. The van der Waals surface area contributed by atoms with Crippen molar-refractivity contribution in [2.45, 2.75) is 39.7 Å². The van der Waals surface area contributed by atoms with Gasteiger partial charge in [-0.3, -0.25) is 0 Å². The standard InChI is InChI=1S/C13H23N3S/c1-9(13-10(2)16-11(3)17-13)15-7-5-12-4-6-14-8-12/h9,12,14-15H,4-8H2,1-3H3. The van der Waals surface area contributed by atoms with Gasteiger partial charge in [-0.05, 0) is 59.2 Å². The number of hydrogen-bond donors (Lipinski definition) is 2. The molecule has 2 N–H and O–H groups in total. The second kappa shape index (κ2) is 5.94. The van der Waals surface area contributed by atoms with E-state index >= 15 is 0 Å². The van der Waals surface area contributed by atoms with Crippen LogP contribution in [0, 0.1) is 19.8 Å². The van der Waals surface area contributed by atoms with Gasteiger partial charge in [-0.2, -0.15) is 0 Å². The third-order valence-corrected chi connectivity index (χ3v) is 4.75. The van der Waals surface area contributed by atoms with Crippen molar-refractivity contribution in [2.75, 3.05) is 19.6 Å². The van der Waals surface area contributed by atoms with Crippen LogP contribution >= 0.6 is 11.3 Å². The maximum atomic E-state index is 4.49. The molecule has 2 atom stereocenters. The summed E-state index contributed by atoms with van der Waals surface area (Å²) in [6.45, 7) is 9.95. The van der Waals surface area contributed by atoms with Crippen molar-refractivity contribution in [3.05, 3.63) is 15.6 Å². The van der Waals surface area contributed by atoms with Gasteiger partial charge in [-0.15, -0.1) is 11.3 Å². The number of aromatic nitrogens is 1. The Kier molecular flexibility index (Phi) is 4.54. The number of thiazole rings is 1. The topological polar surface area (TPSA) is 37.0 Å². The van der Waals surface area contributed by atoms with Crippen LogP contribution in [0.4, 0.5) is 0 Å². The second-order valence-corrected chi connectivity index (χ2v) is 6.24. The van der Waals surface area contributed by atoms with Gasteiger partial charge < -0.3 is 10.6 Å². The monoisotopic (exact) mass is 253 g/mol. The molecule has 96 valence electrons. The minimum Gasteiger partial charge on any atom is -0.316 e. The van der Waals surface area contributed by atoms with E-state index in [-0.39, 0.29) is 0 Å². The Balaban J connectivity index is 1.76. The number of hydrogen-bond acceptors (Lipinski definition) is 4. The Morgan fingerprint density at radius 3 is 2.94 bits per heavy atom. The normalized spacial score (nSPS) is 21.9. The summed E-state index contributed by atoms with van der Waals surface area (Å²) >= 11 is 1.82. The molecule has 1 fully saturated rings. The number of rotatable bonds is 5. The molecule has 0 amide bonds. The molecular formula is C13H23N3S. The van der Waals surface area contributed by atoms with E-state index in [2.05, 4.69) is 36.4 Å².